The van der Waals surface area contributed by atoms with Crippen LogP contribution in [0.1, 0.15) is 37.0 Å². The van der Waals surface area contributed by atoms with Crippen molar-refractivity contribution < 1.29 is 14.8 Å². The molecule has 0 bridgehead atoms. The Kier molecular flexibility index (Phi) is 4.57. The molecule has 114 valence electrons. The summed E-state index contributed by atoms with van der Waals surface area (Å²) in [6.07, 6.45) is 1.40. The van der Waals surface area contributed by atoms with Gasteiger partial charge in [0.2, 0.25) is 0 Å². The molecule has 0 amide bonds. The van der Waals surface area contributed by atoms with E-state index in [4.69, 9.17) is 0 Å². The van der Waals surface area contributed by atoms with Crippen LogP contribution in [0.4, 0.5) is 11.4 Å². The fraction of sp³-hybridized carbons (Fsp3) is 0.533. The summed E-state index contributed by atoms with van der Waals surface area (Å²) < 4.78 is 0. The summed E-state index contributed by atoms with van der Waals surface area (Å²) in [7, 11) is 0. The van der Waals surface area contributed by atoms with E-state index in [9.17, 15) is 20.0 Å². The predicted octanol–water partition coefficient (Wildman–Crippen LogP) is 2.39. The van der Waals surface area contributed by atoms with E-state index in [1.54, 1.807) is 13.0 Å². The van der Waals surface area contributed by atoms with Gasteiger partial charge in [-0.25, -0.2) is 0 Å². The maximum Gasteiger partial charge on any atom is 0.282 e. The average Bonchev–Trinajstić information content (AvgIpc) is 2.46. The highest BCUT2D eigenvalue weighted by Crippen LogP contribution is 2.30. The van der Waals surface area contributed by atoms with E-state index in [0.717, 1.165) is 31.6 Å². The molecule has 1 aliphatic heterocycles. The topological polar surface area (TPSA) is 83.7 Å². The molecule has 1 saturated heterocycles. The number of rotatable bonds is 4. The zero-order chi connectivity index (χ0) is 15.6. The number of carbonyl (C=O) groups excluding carboxylic acids is 1. The van der Waals surface area contributed by atoms with Gasteiger partial charge in [-0.15, -0.1) is 0 Å². The summed E-state index contributed by atoms with van der Waals surface area (Å²) >= 11 is 0. The number of hydrogen-bond acceptors (Lipinski definition) is 5. The Morgan fingerprint density at radius 1 is 1.43 bits per heavy atom. The van der Waals surface area contributed by atoms with Crippen LogP contribution in [-0.2, 0) is 0 Å². The number of nitro groups is 1. The molecule has 0 aliphatic carbocycles. The number of Topliss-reactive ketones (excluding diaryl/α,β-unsaturated/α-hetero) is 1. The molecule has 1 heterocycles. The number of aliphatic hydroxyl groups is 1. The molecule has 1 aromatic carbocycles. The van der Waals surface area contributed by atoms with Gasteiger partial charge in [0.05, 0.1) is 16.6 Å². The molecule has 0 aromatic heterocycles. The second kappa shape index (κ2) is 6.22. The van der Waals surface area contributed by atoms with Crippen LogP contribution in [0.25, 0.3) is 0 Å². The molecule has 1 unspecified atom stereocenters. The molecule has 21 heavy (non-hydrogen) atoms. The Labute approximate surface area is 123 Å². The third-order valence-electron chi connectivity index (χ3n) is 4.14. The maximum atomic E-state index is 11.4. The van der Waals surface area contributed by atoms with Crippen molar-refractivity contribution in [3.05, 3.63) is 33.9 Å². The predicted molar refractivity (Wildman–Crippen MR) is 79.7 cm³/mol. The normalized spacial score (nSPS) is 17.6. The number of carbonyl (C=O) groups is 1. The Bertz CT molecular complexity index is 549. The minimum absolute atomic E-state index is 0.141. The number of hydrogen-bond donors (Lipinski definition) is 1. The minimum atomic E-state index is -0.511. The molecule has 6 heteroatoms. The Balaban J connectivity index is 2.20. The highest BCUT2D eigenvalue weighted by atomic mass is 16.6. The van der Waals surface area contributed by atoms with Crippen LogP contribution in [0.3, 0.4) is 0 Å². The molecule has 0 spiro atoms. The van der Waals surface area contributed by atoms with Crippen LogP contribution in [-0.4, -0.2) is 35.0 Å². The molecule has 2 rings (SSSR count). The highest BCUT2D eigenvalue weighted by Gasteiger charge is 2.25. The summed E-state index contributed by atoms with van der Waals surface area (Å²) in [5, 5.41) is 20.7. The lowest BCUT2D eigenvalue weighted by atomic mass is 9.92. The highest BCUT2D eigenvalue weighted by molar-refractivity contribution is 5.98. The van der Waals surface area contributed by atoms with Crippen LogP contribution in [0.15, 0.2) is 18.2 Å². The van der Waals surface area contributed by atoms with Crippen molar-refractivity contribution in [2.24, 2.45) is 5.92 Å². The Morgan fingerprint density at radius 2 is 2.05 bits per heavy atom. The number of nitro benzene ring substituents is 1. The first kappa shape index (κ1) is 15.4. The maximum absolute atomic E-state index is 11.4. The van der Waals surface area contributed by atoms with E-state index in [2.05, 4.69) is 4.90 Å². The number of aliphatic hydroxyl groups excluding tert-OH is 1. The van der Waals surface area contributed by atoms with Crippen molar-refractivity contribution in [1.29, 1.82) is 0 Å². The molecule has 1 aliphatic rings. The SMILES string of the molecule is CC(=O)c1ccc(N2CCC(C(C)O)CC2)cc1[N+](=O)[O-]. The number of anilines is 1. The van der Waals surface area contributed by atoms with Gasteiger partial charge in [0, 0.05) is 24.8 Å². The molecule has 1 fully saturated rings. The Hall–Kier alpha value is -1.95. The van der Waals surface area contributed by atoms with Gasteiger partial charge in [0.15, 0.2) is 5.78 Å². The fourth-order valence-corrected chi connectivity index (χ4v) is 2.81. The standard InChI is InChI=1S/C15H20N2O4/c1-10(18)12-5-7-16(8-6-12)13-3-4-14(11(2)19)15(9-13)17(20)21/h3-4,9-10,12,18H,5-8H2,1-2H3. The van der Waals surface area contributed by atoms with E-state index >= 15 is 0 Å². The quantitative estimate of drug-likeness (QED) is 0.523. The molecule has 0 radical (unpaired) electrons. The van der Waals surface area contributed by atoms with Gasteiger partial charge in [-0.2, -0.15) is 0 Å². The van der Waals surface area contributed by atoms with Gasteiger partial charge in [0.25, 0.3) is 5.69 Å². The second-order valence-corrected chi connectivity index (χ2v) is 5.58. The van der Waals surface area contributed by atoms with Crippen LogP contribution >= 0.6 is 0 Å². The first-order valence-electron chi connectivity index (χ1n) is 7.12. The van der Waals surface area contributed by atoms with Crippen LogP contribution in [0, 0.1) is 16.0 Å². The van der Waals surface area contributed by atoms with Gasteiger partial charge in [-0.1, -0.05) is 0 Å². The molecular weight excluding hydrogens is 272 g/mol. The molecular formula is C15H20N2O4. The molecule has 1 N–H and O–H groups in total. The first-order valence-corrected chi connectivity index (χ1v) is 7.12. The van der Waals surface area contributed by atoms with E-state index in [-0.39, 0.29) is 29.1 Å². The van der Waals surface area contributed by atoms with Crippen molar-refractivity contribution in [2.45, 2.75) is 32.8 Å². The third kappa shape index (κ3) is 3.39. The van der Waals surface area contributed by atoms with Crippen molar-refractivity contribution in [3.63, 3.8) is 0 Å². The van der Waals surface area contributed by atoms with Gasteiger partial charge < -0.3 is 10.0 Å². The van der Waals surface area contributed by atoms with Gasteiger partial charge in [-0.3, -0.25) is 14.9 Å². The van der Waals surface area contributed by atoms with E-state index in [0.29, 0.717) is 0 Å². The first-order chi connectivity index (χ1) is 9.90. The average molecular weight is 292 g/mol. The zero-order valence-electron chi connectivity index (χ0n) is 12.3. The fourth-order valence-electron chi connectivity index (χ4n) is 2.81. The summed E-state index contributed by atoms with van der Waals surface area (Å²) in [5.74, 6) is -0.0196. The van der Waals surface area contributed by atoms with Crippen molar-refractivity contribution in [3.8, 4) is 0 Å². The summed E-state index contributed by atoms with van der Waals surface area (Å²) in [6, 6.07) is 4.75. The largest absolute Gasteiger partial charge is 0.393 e. The zero-order valence-corrected chi connectivity index (χ0v) is 12.3. The van der Waals surface area contributed by atoms with Gasteiger partial charge in [0.1, 0.15) is 0 Å². The molecule has 1 aromatic rings. The van der Waals surface area contributed by atoms with E-state index < -0.39 is 4.92 Å². The lowest BCUT2D eigenvalue weighted by molar-refractivity contribution is -0.385. The van der Waals surface area contributed by atoms with Crippen LogP contribution in [0.2, 0.25) is 0 Å². The molecule has 6 nitrogen and oxygen atoms in total. The van der Waals surface area contributed by atoms with Crippen molar-refractivity contribution >= 4 is 17.2 Å². The monoisotopic (exact) mass is 292 g/mol. The van der Waals surface area contributed by atoms with Crippen LogP contribution in [0.5, 0.6) is 0 Å². The van der Waals surface area contributed by atoms with Crippen LogP contribution < -0.4 is 4.90 Å². The van der Waals surface area contributed by atoms with Gasteiger partial charge >= 0.3 is 0 Å². The second-order valence-electron chi connectivity index (χ2n) is 5.58. The number of benzene rings is 1. The van der Waals surface area contributed by atoms with Crippen molar-refractivity contribution in [1.82, 2.24) is 0 Å². The third-order valence-corrected chi connectivity index (χ3v) is 4.14. The summed E-state index contributed by atoms with van der Waals surface area (Å²) in [5.41, 5.74) is 0.760. The van der Waals surface area contributed by atoms with Gasteiger partial charge in [-0.05, 0) is 44.7 Å². The minimum Gasteiger partial charge on any atom is -0.393 e. The number of nitrogens with zero attached hydrogens (tertiary/aromatic N) is 2. The molecule has 1 atom stereocenters. The van der Waals surface area contributed by atoms with Crippen molar-refractivity contribution in [2.75, 3.05) is 18.0 Å². The smallest absolute Gasteiger partial charge is 0.282 e. The lowest BCUT2D eigenvalue weighted by Crippen LogP contribution is -2.37. The van der Waals surface area contributed by atoms with E-state index in [1.807, 2.05) is 0 Å². The number of ketones is 1. The van der Waals surface area contributed by atoms with E-state index in [1.165, 1.54) is 19.1 Å². The summed E-state index contributed by atoms with van der Waals surface area (Å²) in [4.78, 5) is 24.1. The molecule has 0 saturated carbocycles. The Morgan fingerprint density at radius 3 is 2.52 bits per heavy atom. The number of piperidine rings is 1. The summed E-state index contributed by atoms with van der Waals surface area (Å²) in [6.45, 7) is 4.64. The lowest BCUT2D eigenvalue weighted by Gasteiger charge is -2.34.